The average molecular weight is 301 g/mol. The molecular weight excluding hydrogens is 281 g/mol. The third kappa shape index (κ3) is 3.25. The number of anilines is 1. The molecule has 1 aromatic carbocycles. The first-order chi connectivity index (χ1) is 10.7. The highest BCUT2D eigenvalue weighted by molar-refractivity contribution is 5.37. The van der Waals surface area contributed by atoms with Crippen molar-refractivity contribution < 1.29 is 9.13 Å². The van der Waals surface area contributed by atoms with Crippen molar-refractivity contribution in [2.24, 2.45) is 0 Å². The van der Waals surface area contributed by atoms with E-state index in [-0.39, 0.29) is 11.2 Å². The largest absolute Gasteiger partial charge is 0.381 e. The molecule has 4 nitrogen and oxygen atoms in total. The summed E-state index contributed by atoms with van der Waals surface area (Å²) >= 11 is 0. The summed E-state index contributed by atoms with van der Waals surface area (Å²) in [5.74, 6) is 0.617. The number of halogens is 1. The number of hydrogen-bond donors (Lipinski definition) is 1. The van der Waals surface area contributed by atoms with E-state index >= 15 is 0 Å². The van der Waals surface area contributed by atoms with E-state index in [9.17, 15) is 4.39 Å². The molecule has 1 fully saturated rings. The minimum Gasteiger partial charge on any atom is -0.381 e. The van der Waals surface area contributed by atoms with Gasteiger partial charge in [-0.15, -0.1) is 0 Å². The molecule has 5 heteroatoms. The van der Waals surface area contributed by atoms with Crippen molar-refractivity contribution in [2.45, 2.75) is 25.2 Å². The molecule has 0 saturated carbocycles. The lowest BCUT2D eigenvalue weighted by atomic mass is 9.74. The van der Waals surface area contributed by atoms with Crippen LogP contribution in [0.15, 0.2) is 36.7 Å². The summed E-state index contributed by atoms with van der Waals surface area (Å²) in [6.07, 6.45) is 3.39. The minimum absolute atomic E-state index is 0.0508. The van der Waals surface area contributed by atoms with E-state index in [0.717, 1.165) is 49.7 Å². The maximum Gasteiger partial charge on any atom is 0.129 e. The number of hydrogen-bond acceptors (Lipinski definition) is 4. The van der Waals surface area contributed by atoms with Crippen LogP contribution in [0, 0.1) is 12.7 Å². The van der Waals surface area contributed by atoms with Gasteiger partial charge in [0.25, 0.3) is 0 Å². The summed E-state index contributed by atoms with van der Waals surface area (Å²) in [6.45, 7) is 4.14. The number of ether oxygens (including phenoxy) is 1. The van der Waals surface area contributed by atoms with Gasteiger partial charge in [0.05, 0.1) is 0 Å². The molecule has 0 aliphatic carbocycles. The second kappa shape index (κ2) is 6.40. The molecule has 1 aliphatic rings. The lowest BCUT2D eigenvalue weighted by molar-refractivity contribution is 0.0543. The lowest BCUT2D eigenvalue weighted by Crippen LogP contribution is -2.40. The van der Waals surface area contributed by atoms with E-state index in [4.69, 9.17) is 4.74 Å². The van der Waals surface area contributed by atoms with Crippen LogP contribution in [0.25, 0.3) is 0 Å². The fraction of sp³-hybridized carbons (Fsp3) is 0.412. The fourth-order valence-corrected chi connectivity index (χ4v) is 2.94. The third-order valence-corrected chi connectivity index (χ3v) is 4.32. The smallest absolute Gasteiger partial charge is 0.129 e. The van der Waals surface area contributed by atoms with Crippen molar-refractivity contribution in [1.29, 1.82) is 0 Å². The average Bonchev–Trinajstić information content (AvgIpc) is 2.55. The molecular formula is C17H20FN3O. The van der Waals surface area contributed by atoms with Crippen molar-refractivity contribution in [3.05, 3.63) is 53.7 Å². The molecule has 1 aromatic heterocycles. The van der Waals surface area contributed by atoms with Crippen molar-refractivity contribution in [2.75, 3.05) is 25.1 Å². The van der Waals surface area contributed by atoms with Crippen LogP contribution in [0.4, 0.5) is 10.2 Å². The summed E-state index contributed by atoms with van der Waals surface area (Å²) < 4.78 is 18.7. The van der Waals surface area contributed by atoms with Crippen LogP contribution >= 0.6 is 0 Å². The fourth-order valence-electron chi connectivity index (χ4n) is 2.94. The van der Waals surface area contributed by atoms with Gasteiger partial charge in [0.15, 0.2) is 0 Å². The van der Waals surface area contributed by atoms with Gasteiger partial charge >= 0.3 is 0 Å². The Morgan fingerprint density at radius 1 is 1.18 bits per heavy atom. The Kier molecular flexibility index (Phi) is 4.34. The van der Waals surface area contributed by atoms with Gasteiger partial charge in [-0.1, -0.05) is 12.1 Å². The van der Waals surface area contributed by atoms with Crippen LogP contribution in [-0.4, -0.2) is 29.7 Å². The number of nitrogens with one attached hydrogen (secondary N) is 1. The maximum atomic E-state index is 13.2. The number of aromatic nitrogens is 2. The second-order valence-electron chi connectivity index (χ2n) is 5.80. The molecule has 3 rings (SSSR count). The molecule has 1 saturated heterocycles. The van der Waals surface area contributed by atoms with Crippen LogP contribution in [0.1, 0.15) is 24.1 Å². The number of benzene rings is 1. The quantitative estimate of drug-likeness (QED) is 0.942. The molecule has 1 aliphatic heterocycles. The van der Waals surface area contributed by atoms with Gasteiger partial charge in [0.2, 0.25) is 0 Å². The van der Waals surface area contributed by atoms with Crippen LogP contribution < -0.4 is 5.32 Å². The van der Waals surface area contributed by atoms with Crippen LogP contribution in [-0.2, 0) is 10.2 Å². The van der Waals surface area contributed by atoms with E-state index in [1.165, 1.54) is 12.1 Å². The van der Waals surface area contributed by atoms with Gasteiger partial charge in [-0.25, -0.2) is 14.4 Å². The Morgan fingerprint density at radius 3 is 2.59 bits per heavy atom. The minimum atomic E-state index is -0.203. The summed E-state index contributed by atoms with van der Waals surface area (Å²) in [5, 5.41) is 3.41. The Balaban J connectivity index is 1.81. The molecule has 2 heterocycles. The van der Waals surface area contributed by atoms with Crippen LogP contribution in [0.5, 0.6) is 0 Å². The first-order valence-corrected chi connectivity index (χ1v) is 7.54. The van der Waals surface area contributed by atoms with Gasteiger partial charge in [0.1, 0.15) is 18.0 Å². The molecule has 1 N–H and O–H groups in total. The zero-order chi connectivity index (χ0) is 15.4. The molecule has 0 amide bonds. The van der Waals surface area contributed by atoms with E-state index in [1.54, 1.807) is 6.33 Å². The molecule has 2 aromatic rings. The first-order valence-electron chi connectivity index (χ1n) is 7.54. The molecule has 0 atom stereocenters. The Bertz CT molecular complexity index is 624. The highest BCUT2D eigenvalue weighted by Gasteiger charge is 2.34. The molecule has 0 radical (unpaired) electrons. The zero-order valence-corrected chi connectivity index (χ0v) is 12.7. The topological polar surface area (TPSA) is 47.0 Å². The van der Waals surface area contributed by atoms with Crippen LogP contribution in [0.3, 0.4) is 0 Å². The highest BCUT2D eigenvalue weighted by atomic mass is 19.1. The van der Waals surface area contributed by atoms with Crippen molar-refractivity contribution in [3.8, 4) is 0 Å². The zero-order valence-electron chi connectivity index (χ0n) is 12.7. The number of aryl methyl sites for hydroxylation is 1. The monoisotopic (exact) mass is 301 g/mol. The van der Waals surface area contributed by atoms with E-state index in [0.29, 0.717) is 0 Å². The molecule has 0 unspecified atom stereocenters. The van der Waals surface area contributed by atoms with Gasteiger partial charge in [-0.3, -0.25) is 0 Å². The summed E-state index contributed by atoms with van der Waals surface area (Å²) in [4.78, 5) is 8.36. The first kappa shape index (κ1) is 14.9. The van der Waals surface area contributed by atoms with E-state index in [1.807, 2.05) is 25.1 Å². The van der Waals surface area contributed by atoms with Gasteiger partial charge in [0, 0.05) is 36.9 Å². The molecule has 0 spiro atoms. The van der Waals surface area contributed by atoms with Gasteiger partial charge in [-0.05, 0) is 37.5 Å². The van der Waals surface area contributed by atoms with E-state index in [2.05, 4.69) is 15.3 Å². The summed E-state index contributed by atoms with van der Waals surface area (Å²) in [5.41, 5.74) is 2.03. The Labute approximate surface area is 129 Å². The standard InChI is InChI=1S/C17H20FN3O/c1-13-10-16(21-12-20-13)19-11-17(6-8-22-9-7-17)14-2-4-15(18)5-3-14/h2-5,10,12H,6-9,11H2,1H3,(H,19,20,21). The normalized spacial score (nSPS) is 17.2. The highest BCUT2D eigenvalue weighted by Crippen LogP contribution is 2.35. The lowest BCUT2D eigenvalue weighted by Gasteiger charge is -2.38. The number of rotatable bonds is 4. The van der Waals surface area contributed by atoms with E-state index < -0.39 is 0 Å². The van der Waals surface area contributed by atoms with Gasteiger partial charge < -0.3 is 10.1 Å². The Hall–Kier alpha value is -2.01. The predicted molar refractivity (Wildman–Crippen MR) is 83.4 cm³/mol. The molecule has 22 heavy (non-hydrogen) atoms. The van der Waals surface area contributed by atoms with Crippen molar-refractivity contribution in [1.82, 2.24) is 9.97 Å². The van der Waals surface area contributed by atoms with Gasteiger partial charge in [-0.2, -0.15) is 0 Å². The second-order valence-corrected chi connectivity index (χ2v) is 5.80. The van der Waals surface area contributed by atoms with Crippen LogP contribution in [0.2, 0.25) is 0 Å². The molecule has 116 valence electrons. The summed E-state index contributed by atoms with van der Waals surface area (Å²) in [6, 6.07) is 8.75. The van der Waals surface area contributed by atoms with Crippen molar-refractivity contribution >= 4 is 5.82 Å². The van der Waals surface area contributed by atoms with Crippen molar-refractivity contribution in [3.63, 3.8) is 0 Å². The SMILES string of the molecule is Cc1cc(NCC2(c3ccc(F)cc3)CCOCC2)ncn1. The Morgan fingerprint density at radius 2 is 1.91 bits per heavy atom. The number of nitrogens with zero attached hydrogens (tertiary/aromatic N) is 2. The maximum absolute atomic E-state index is 13.2. The predicted octanol–water partition coefficient (Wildman–Crippen LogP) is 3.08. The molecule has 0 bridgehead atoms. The summed E-state index contributed by atoms with van der Waals surface area (Å²) in [7, 11) is 0. The third-order valence-electron chi connectivity index (χ3n) is 4.32.